The predicted octanol–water partition coefficient (Wildman–Crippen LogP) is 2.06. The molecule has 2 rings (SSSR count). The van der Waals surface area contributed by atoms with Crippen LogP contribution in [-0.2, 0) is 6.54 Å². The van der Waals surface area contributed by atoms with Gasteiger partial charge < -0.3 is 5.73 Å². The van der Waals surface area contributed by atoms with E-state index < -0.39 is 0 Å². The van der Waals surface area contributed by atoms with Crippen LogP contribution in [0.5, 0.6) is 0 Å². The molecule has 17 heavy (non-hydrogen) atoms. The Bertz CT molecular complexity index is 340. The minimum atomic E-state index is 0. The van der Waals surface area contributed by atoms with E-state index in [9.17, 15) is 0 Å². The van der Waals surface area contributed by atoms with E-state index in [-0.39, 0.29) is 17.8 Å². The molecule has 0 bridgehead atoms. The van der Waals surface area contributed by atoms with Crippen LogP contribution in [0.2, 0.25) is 0 Å². The molecule has 1 aromatic heterocycles. The van der Waals surface area contributed by atoms with Gasteiger partial charge in [-0.25, -0.2) is 0 Å². The molecule has 1 aromatic rings. The van der Waals surface area contributed by atoms with Crippen LogP contribution in [0.4, 0.5) is 0 Å². The number of nitrogens with two attached hydrogens (primary N) is 1. The van der Waals surface area contributed by atoms with Gasteiger partial charge in [0.05, 0.1) is 5.69 Å². The first-order valence-electron chi connectivity index (χ1n) is 5.96. The third-order valence-corrected chi connectivity index (χ3v) is 3.50. The summed E-state index contributed by atoms with van der Waals surface area (Å²) in [5.74, 6) is 0. The molecule has 1 fully saturated rings. The van der Waals surface area contributed by atoms with Crippen molar-refractivity contribution in [3.8, 4) is 0 Å². The molecular formula is C13H22ClN3. The standard InChI is InChI=1S/C13H21N3.ClH/c1-13(2)10-16(8-6-12(13)14)9-11-5-3-4-7-15-11;/h3-5,7,12H,6,8-10,14H2,1-2H3;1H. The smallest absolute Gasteiger partial charge is 0.0543 e. The molecule has 0 saturated carbocycles. The van der Waals surface area contributed by atoms with Crippen molar-refractivity contribution in [3.05, 3.63) is 30.1 Å². The summed E-state index contributed by atoms with van der Waals surface area (Å²) in [6.45, 7) is 7.59. The zero-order valence-electron chi connectivity index (χ0n) is 10.6. The predicted molar refractivity (Wildman–Crippen MR) is 73.1 cm³/mol. The number of rotatable bonds is 2. The topological polar surface area (TPSA) is 42.2 Å². The second kappa shape index (κ2) is 5.80. The van der Waals surface area contributed by atoms with Gasteiger partial charge in [0.15, 0.2) is 0 Å². The highest BCUT2D eigenvalue weighted by Crippen LogP contribution is 2.28. The number of likely N-dealkylation sites (tertiary alicyclic amines) is 1. The SMILES string of the molecule is CC1(C)CN(Cc2ccccn2)CCC1N.Cl. The van der Waals surface area contributed by atoms with E-state index in [2.05, 4.69) is 29.8 Å². The average Bonchev–Trinajstić information content (AvgIpc) is 2.25. The largest absolute Gasteiger partial charge is 0.327 e. The molecule has 1 saturated heterocycles. The van der Waals surface area contributed by atoms with Crippen LogP contribution in [0.3, 0.4) is 0 Å². The molecule has 0 radical (unpaired) electrons. The summed E-state index contributed by atoms with van der Waals surface area (Å²) in [7, 11) is 0. The van der Waals surface area contributed by atoms with E-state index in [1.54, 1.807) is 0 Å². The Morgan fingerprint density at radius 3 is 2.82 bits per heavy atom. The summed E-state index contributed by atoms with van der Waals surface area (Å²) in [5, 5.41) is 0. The average molecular weight is 256 g/mol. The van der Waals surface area contributed by atoms with Gasteiger partial charge in [-0.3, -0.25) is 9.88 Å². The van der Waals surface area contributed by atoms with Gasteiger partial charge in [-0.2, -0.15) is 0 Å². The summed E-state index contributed by atoms with van der Waals surface area (Å²) < 4.78 is 0. The molecule has 1 unspecified atom stereocenters. The second-order valence-corrected chi connectivity index (χ2v) is 5.42. The molecule has 96 valence electrons. The van der Waals surface area contributed by atoms with Crippen LogP contribution < -0.4 is 5.73 Å². The van der Waals surface area contributed by atoms with Crippen LogP contribution in [0.15, 0.2) is 24.4 Å². The van der Waals surface area contributed by atoms with Gasteiger partial charge in [0, 0.05) is 31.9 Å². The first-order chi connectivity index (χ1) is 7.58. The van der Waals surface area contributed by atoms with Crippen molar-refractivity contribution in [1.29, 1.82) is 0 Å². The van der Waals surface area contributed by atoms with Crippen LogP contribution in [0.1, 0.15) is 26.0 Å². The van der Waals surface area contributed by atoms with E-state index in [0.29, 0.717) is 6.04 Å². The van der Waals surface area contributed by atoms with E-state index >= 15 is 0 Å². The summed E-state index contributed by atoms with van der Waals surface area (Å²) in [6, 6.07) is 6.41. The lowest BCUT2D eigenvalue weighted by atomic mass is 9.80. The van der Waals surface area contributed by atoms with Gasteiger partial charge in [-0.15, -0.1) is 12.4 Å². The lowest BCUT2D eigenvalue weighted by Crippen LogP contribution is -2.52. The number of pyridine rings is 1. The quantitative estimate of drug-likeness (QED) is 0.880. The highest BCUT2D eigenvalue weighted by Gasteiger charge is 2.33. The van der Waals surface area contributed by atoms with Crippen LogP contribution in [-0.4, -0.2) is 29.0 Å². The Morgan fingerprint density at radius 1 is 1.47 bits per heavy atom. The van der Waals surface area contributed by atoms with E-state index in [0.717, 1.165) is 31.7 Å². The highest BCUT2D eigenvalue weighted by molar-refractivity contribution is 5.85. The Hall–Kier alpha value is -0.640. The minimum Gasteiger partial charge on any atom is -0.327 e. The molecule has 2 N–H and O–H groups in total. The van der Waals surface area contributed by atoms with Gasteiger partial charge in [0.1, 0.15) is 0 Å². The maximum Gasteiger partial charge on any atom is 0.0543 e. The Morgan fingerprint density at radius 2 is 2.24 bits per heavy atom. The van der Waals surface area contributed by atoms with Crippen LogP contribution in [0.25, 0.3) is 0 Å². The van der Waals surface area contributed by atoms with E-state index in [1.807, 2.05) is 18.3 Å². The van der Waals surface area contributed by atoms with Gasteiger partial charge >= 0.3 is 0 Å². The molecule has 0 aromatic carbocycles. The highest BCUT2D eigenvalue weighted by atomic mass is 35.5. The first kappa shape index (κ1) is 14.4. The van der Waals surface area contributed by atoms with Crippen molar-refractivity contribution in [2.45, 2.75) is 32.9 Å². The van der Waals surface area contributed by atoms with Crippen molar-refractivity contribution >= 4 is 12.4 Å². The van der Waals surface area contributed by atoms with Gasteiger partial charge in [0.2, 0.25) is 0 Å². The molecule has 0 amide bonds. The zero-order valence-corrected chi connectivity index (χ0v) is 11.4. The van der Waals surface area contributed by atoms with Crippen molar-refractivity contribution in [1.82, 2.24) is 9.88 Å². The number of piperidine rings is 1. The Kier molecular flexibility index (Phi) is 4.92. The summed E-state index contributed by atoms with van der Waals surface area (Å²) in [6.07, 6.45) is 2.94. The van der Waals surface area contributed by atoms with Gasteiger partial charge in [-0.1, -0.05) is 19.9 Å². The lowest BCUT2D eigenvalue weighted by Gasteiger charge is -2.42. The van der Waals surface area contributed by atoms with Crippen molar-refractivity contribution in [2.24, 2.45) is 11.1 Å². The third-order valence-electron chi connectivity index (χ3n) is 3.50. The fourth-order valence-corrected chi connectivity index (χ4v) is 2.34. The molecule has 1 aliphatic heterocycles. The number of hydrogen-bond donors (Lipinski definition) is 1. The van der Waals surface area contributed by atoms with E-state index in [1.165, 1.54) is 0 Å². The van der Waals surface area contributed by atoms with Crippen LogP contribution in [0, 0.1) is 5.41 Å². The number of halogens is 1. The van der Waals surface area contributed by atoms with E-state index in [4.69, 9.17) is 5.73 Å². The molecule has 1 aliphatic rings. The Labute approximate surface area is 110 Å². The first-order valence-corrected chi connectivity index (χ1v) is 5.96. The fraction of sp³-hybridized carbons (Fsp3) is 0.615. The summed E-state index contributed by atoms with van der Waals surface area (Å²) in [4.78, 5) is 6.82. The Balaban J connectivity index is 0.00000144. The summed E-state index contributed by atoms with van der Waals surface area (Å²) in [5.41, 5.74) is 7.49. The monoisotopic (exact) mass is 255 g/mol. The molecular weight excluding hydrogens is 234 g/mol. The second-order valence-electron chi connectivity index (χ2n) is 5.42. The van der Waals surface area contributed by atoms with Gasteiger partial charge in [-0.05, 0) is 24.0 Å². The molecule has 3 nitrogen and oxygen atoms in total. The number of nitrogens with zero attached hydrogens (tertiary/aromatic N) is 2. The molecule has 4 heteroatoms. The van der Waals surface area contributed by atoms with Crippen LogP contribution >= 0.6 is 12.4 Å². The fourth-order valence-electron chi connectivity index (χ4n) is 2.34. The maximum absolute atomic E-state index is 6.13. The minimum absolute atomic E-state index is 0. The third kappa shape index (κ3) is 3.66. The summed E-state index contributed by atoms with van der Waals surface area (Å²) >= 11 is 0. The lowest BCUT2D eigenvalue weighted by molar-refractivity contribution is 0.0889. The zero-order chi connectivity index (χ0) is 11.6. The van der Waals surface area contributed by atoms with Gasteiger partial charge in [0.25, 0.3) is 0 Å². The molecule has 2 heterocycles. The number of hydrogen-bond acceptors (Lipinski definition) is 3. The normalized spacial score (nSPS) is 24.1. The number of aromatic nitrogens is 1. The molecule has 1 atom stereocenters. The maximum atomic E-state index is 6.13. The van der Waals surface area contributed by atoms with Crippen molar-refractivity contribution in [3.63, 3.8) is 0 Å². The van der Waals surface area contributed by atoms with Crippen molar-refractivity contribution in [2.75, 3.05) is 13.1 Å². The van der Waals surface area contributed by atoms with Crippen molar-refractivity contribution < 1.29 is 0 Å². The molecule has 0 spiro atoms. The molecule has 0 aliphatic carbocycles.